The zero-order valence-corrected chi connectivity index (χ0v) is 17.1. The van der Waals surface area contributed by atoms with Crippen molar-refractivity contribution in [1.82, 2.24) is 5.32 Å². The summed E-state index contributed by atoms with van der Waals surface area (Å²) >= 11 is 7.50. The Balaban J connectivity index is 1.51. The van der Waals surface area contributed by atoms with Crippen LogP contribution < -0.4 is 9.62 Å². The van der Waals surface area contributed by atoms with E-state index in [0.29, 0.717) is 35.8 Å². The van der Waals surface area contributed by atoms with Gasteiger partial charge in [0.1, 0.15) is 0 Å². The third kappa shape index (κ3) is 5.40. The number of anilines is 1. The van der Waals surface area contributed by atoms with Gasteiger partial charge in [-0.25, -0.2) is 8.42 Å². The summed E-state index contributed by atoms with van der Waals surface area (Å²) in [6.45, 7) is 1.03. The van der Waals surface area contributed by atoms with E-state index in [-0.39, 0.29) is 11.7 Å². The molecule has 0 saturated carbocycles. The fourth-order valence-electron chi connectivity index (χ4n) is 2.82. The molecule has 1 aliphatic heterocycles. The first kappa shape index (κ1) is 20.0. The maximum atomic E-state index is 12.2. The zero-order chi connectivity index (χ0) is 19.3. The summed E-state index contributed by atoms with van der Waals surface area (Å²) in [5.41, 5.74) is 1.13. The van der Waals surface area contributed by atoms with Gasteiger partial charge in [0.15, 0.2) is 0 Å². The van der Waals surface area contributed by atoms with Crippen LogP contribution in [0, 0.1) is 0 Å². The average Bonchev–Trinajstić information content (AvgIpc) is 2.66. The van der Waals surface area contributed by atoms with Crippen LogP contribution in [0.25, 0.3) is 0 Å². The van der Waals surface area contributed by atoms with Gasteiger partial charge in [-0.05, 0) is 61.4 Å². The molecular formula is C19H21ClN2O3S2. The highest BCUT2D eigenvalue weighted by Gasteiger charge is 2.25. The molecule has 5 nitrogen and oxygen atoms in total. The van der Waals surface area contributed by atoms with Gasteiger partial charge >= 0.3 is 0 Å². The Hall–Kier alpha value is -1.70. The van der Waals surface area contributed by atoms with Gasteiger partial charge in [-0.1, -0.05) is 11.6 Å². The second-order valence-corrected chi connectivity index (χ2v) is 9.82. The summed E-state index contributed by atoms with van der Waals surface area (Å²) in [4.78, 5) is 13.3. The Bertz CT molecular complexity index is 884. The Morgan fingerprint density at radius 2 is 1.78 bits per heavy atom. The second kappa shape index (κ2) is 8.99. The van der Waals surface area contributed by atoms with E-state index in [9.17, 15) is 13.2 Å². The number of thioether (sulfide) groups is 1. The van der Waals surface area contributed by atoms with Crippen LogP contribution >= 0.6 is 23.4 Å². The highest BCUT2D eigenvalue weighted by molar-refractivity contribution is 7.99. The second-order valence-electron chi connectivity index (χ2n) is 6.20. The van der Waals surface area contributed by atoms with E-state index in [2.05, 4.69) is 5.32 Å². The lowest BCUT2D eigenvalue weighted by molar-refractivity contribution is 0.0956. The number of nitrogens with zero attached hydrogens (tertiary/aromatic N) is 1. The molecule has 8 heteroatoms. The lowest BCUT2D eigenvalue weighted by Gasteiger charge is -2.28. The van der Waals surface area contributed by atoms with E-state index in [1.165, 1.54) is 4.31 Å². The van der Waals surface area contributed by atoms with Crippen LogP contribution in [0.3, 0.4) is 0 Å². The number of amides is 1. The molecule has 0 aromatic heterocycles. The fourth-order valence-corrected chi connectivity index (χ4v) is 5.36. The normalized spacial score (nSPS) is 16.1. The number of rotatable bonds is 6. The number of nitrogens with one attached hydrogen (secondary N) is 1. The standard InChI is InChI=1S/C19H21ClN2O3S2/c20-16-5-9-18(10-6-16)26-13-11-21-19(23)15-3-7-17(8-4-15)22-12-1-2-14-27(22,24)25/h3-10H,1-2,11-14H2,(H,21,23). The van der Waals surface area contributed by atoms with Crippen LogP contribution in [0.5, 0.6) is 0 Å². The molecule has 1 N–H and O–H groups in total. The predicted octanol–water partition coefficient (Wildman–Crippen LogP) is 3.79. The Morgan fingerprint density at radius 1 is 1.07 bits per heavy atom. The van der Waals surface area contributed by atoms with Crippen molar-refractivity contribution < 1.29 is 13.2 Å². The quantitative estimate of drug-likeness (QED) is 0.565. The minimum atomic E-state index is -3.23. The van der Waals surface area contributed by atoms with E-state index in [0.717, 1.165) is 17.1 Å². The van der Waals surface area contributed by atoms with Crippen molar-refractivity contribution in [2.24, 2.45) is 0 Å². The summed E-state index contributed by atoms with van der Waals surface area (Å²) in [5.74, 6) is 0.762. The molecule has 1 fully saturated rings. The number of carbonyl (C=O) groups excluding carboxylic acids is 1. The Labute approximate surface area is 169 Å². The van der Waals surface area contributed by atoms with Crippen molar-refractivity contribution in [2.75, 3.05) is 28.9 Å². The molecule has 1 amide bonds. The topological polar surface area (TPSA) is 66.5 Å². The third-order valence-electron chi connectivity index (χ3n) is 4.24. The number of halogens is 1. The SMILES string of the molecule is O=C(NCCSc1ccc(Cl)cc1)c1ccc(N2CCCCS2(=O)=O)cc1. The fraction of sp³-hybridized carbons (Fsp3) is 0.316. The predicted molar refractivity (Wildman–Crippen MR) is 111 cm³/mol. The van der Waals surface area contributed by atoms with Gasteiger partial charge in [0.25, 0.3) is 5.91 Å². The average molecular weight is 425 g/mol. The van der Waals surface area contributed by atoms with Crippen LogP contribution in [-0.4, -0.2) is 38.9 Å². The third-order valence-corrected chi connectivity index (χ3v) is 7.37. The van der Waals surface area contributed by atoms with E-state index in [1.807, 2.05) is 24.3 Å². The molecule has 2 aromatic carbocycles. The van der Waals surface area contributed by atoms with Gasteiger partial charge in [0, 0.05) is 34.3 Å². The van der Waals surface area contributed by atoms with Gasteiger partial charge in [-0.3, -0.25) is 9.10 Å². The molecule has 0 spiro atoms. The molecule has 0 unspecified atom stereocenters. The number of carbonyl (C=O) groups is 1. The number of benzene rings is 2. The van der Waals surface area contributed by atoms with Gasteiger partial charge in [0.2, 0.25) is 10.0 Å². The molecule has 2 aromatic rings. The van der Waals surface area contributed by atoms with E-state index in [1.54, 1.807) is 36.0 Å². The van der Waals surface area contributed by atoms with Gasteiger partial charge < -0.3 is 5.32 Å². The summed E-state index contributed by atoms with van der Waals surface area (Å²) in [6.07, 6.45) is 1.56. The lowest BCUT2D eigenvalue weighted by atomic mass is 10.2. The maximum Gasteiger partial charge on any atom is 0.251 e. The molecule has 3 rings (SSSR count). The number of hydrogen-bond donors (Lipinski definition) is 1. The molecule has 0 atom stereocenters. The van der Waals surface area contributed by atoms with Crippen molar-refractivity contribution in [3.05, 3.63) is 59.1 Å². The number of hydrogen-bond acceptors (Lipinski definition) is 4. The van der Waals surface area contributed by atoms with Crippen LogP contribution in [-0.2, 0) is 10.0 Å². The smallest absolute Gasteiger partial charge is 0.251 e. The molecule has 1 saturated heterocycles. The largest absolute Gasteiger partial charge is 0.351 e. The summed E-state index contributed by atoms with van der Waals surface area (Å²) in [6, 6.07) is 14.3. The highest BCUT2D eigenvalue weighted by Crippen LogP contribution is 2.24. The van der Waals surface area contributed by atoms with E-state index < -0.39 is 10.0 Å². The molecule has 0 radical (unpaired) electrons. The number of sulfonamides is 1. The van der Waals surface area contributed by atoms with Gasteiger partial charge in [0.05, 0.1) is 11.4 Å². The van der Waals surface area contributed by atoms with Crippen molar-refractivity contribution in [2.45, 2.75) is 17.7 Å². The summed E-state index contributed by atoms with van der Waals surface area (Å²) in [5, 5.41) is 3.58. The highest BCUT2D eigenvalue weighted by atomic mass is 35.5. The van der Waals surface area contributed by atoms with Crippen LogP contribution in [0.4, 0.5) is 5.69 Å². The molecule has 27 heavy (non-hydrogen) atoms. The van der Waals surface area contributed by atoms with E-state index >= 15 is 0 Å². The minimum absolute atomic E-state index is 0.167. The minimum Gasteiger partial charge on any atom is -0.351 e. The molecule has 0 aliphatic carbocycles. The summed E-state index contributed by atoms with van der Waals surface area (Å²) in [7, 11) is -3.23. The molecule has 0 bridgehead atoms. The lowest BCUT2D eigenvalue weighted by Crippen LogP contribution is -2.37. The first-order valence-corrected chi connectivity index (χ1v) is 11.7. The summed E-state index contributed by atoms with van der Waals surface area (Å²) < 4.78 is 25.7. The zero-order valence-electron chi connectivity index (χ0n) is 14.7. The van der Waals surface area contributed by atoms with Crippen molar-refractivity contribution in [3.8, 4) is 0 Å². The molecular weight excluding hydrogens is 404 g/mol. The van der Waals surface area contributed by atoms with Gasteiger partial charge in [-0.15, -0.1) is 11.8 Å². The molecule has 144 valence electrons. The first-order chi connectivity index (χ1) is 13.0. The Kier molecular flexibility index (Phi) is 6.68. The van der Waals surface area contributed by atoms with E-state index in [4.69, 9.17) is 11.6 Å². The van der Waals surface area contributed by atoms with Crippen molar-refractivity contribution >= 4 is 45.0 Å². The first-order valence-electron chi connectivity index (χ1n) is 8.73. The van der Waals surface area contributed by atoms with Crippen molar-refractivity contribution in [3.63, 3.8) is 0 Å². The van der Waals surface area contributed by atoms with Crippen LogP contribution in [0.1, 0.15) is 23.2 Å². The maximum absolute atomic E-state index is 12.2. The van der Waals surface area contributed by atoms with Crippen molar-refractivity contribution in [1.29, 1.82) is 0 Å². The molecule has 1 aliphatic rings. The monoisotopic (exact) mass is 424 g/mol. The van der Waals surface area contributed by atoms with Gasteiger partial charge in [-0.2, -0.15) is 0 Å². The van der Waals surface area contributed by atoms with Crippen LogP contribution in [0.2, 0.25) is 5.02 Å². The van der Waals surface area contributed by atoms with Crippen LogP contribution in [0.15, 0.2) is 53.4 Å². The Morgan fingerprint density at radius 3 is 2.44 bits per heavy atom. The molecule has 1 heterocycles.